The van der Waals surface area contributed by atoms with Gasteiger partial charge in [0.2, 0.25) is 0 Å². The summed E-state index contributed by atoms with van der Waals surface area (Å²) in [5.41, 5.74) is 1.62. The van der Waals surface area contributed by atoms with Gasteiger partial charge in [-0.25, -0.2) is 4.98 Å². The number of nitrogens with zero attached hydrogens (tertiary/aromatic N) is 2. The van der Waals surface area contributed by atoms with Crippen LogP contribution < -0.4 is 4.74 Å². The quantitative estimate of drug-likeness (QED) is 0.846. The number of aromatic nitrogens is 2. The van der Waals surface area contributed by atoms with Crippen LogP contribution in [0.25, 0.3) is 11.0 Å². The molecule has 0 aliphatic carbocycles. The predicted octanol–water partition coefficient (Wildman–Crippen LogP) is 2.17. The molecule has 5 heteroatoms. The van der Waals surface area contributed by atoms with E-state index in [1.807, 2.05) is 12.1 Å². The molecule has 0 aromatic carbocycles. The number of fused-ring (bicyclic) bond motifs is 1. The summed E-state index contributed by atoms with van der Waals surface area (Å²) < 4.78 is 11.7. The van der Waals surface area contributed by atoms with Gasteiger partial charge in [-0.15, -0.1) is 0 Å². The lowest BCUT2D eigenvalue weighted by atomic mass is 10.3. The van der Waals surface area contributed by atoms with E-state index in [4.69, 9.17) is 9.47 Å². The summed E-state index contributed by atoms with van der Waals surface area (Å²) in [5.74, 6) is 0.769. The summed E-state index contributed by atoms with van der Waals surface area (Å²) in [6.07, 6.45) is 3.62. The Bertz CT molecular complexity index is 528. The second-order valence-electron chi connectivity index (χ2n) is 3.61. The van der Waals surface area contributed by atoms with Crippen molar-refractivity contribution in [2.24, 2.45) is 0 Å². The van der Waals surface area contributed by atoms with Crippen molar-refractivity contribution in [2.45, 2.75) is 6.10 Å². The third-order valence-corrected chi connectivity index (χ3v) is 2.84. The van der Waals surface area contributed by atoms with Crippen LogP contribution >= 0.6 is 15.9 Å². The van der Waals surface area contributed by atoms with Gasteiger partial charge in [0, 0.05) is 22.9 Å². The van der Waals surface area contributed by atoms with Crippen LogP contribution in [-0.4, -0.2) is 29.3 Å². The molecule has 2 aromatic rings. The van der Waals surface area contributed by atoms with E-state index in [0.29, 0.717) is 13.2 Å². The van der Waals surface area contributed by atoms with Crippen LogP contribution in [-0.2, 0) is 4.74 Å². The van der Waals surface area contributed by atoms with Crippen LogP contribution in [0.3, 0.4) is 0 Å². The minimum Gasteiger partial charge on any atom is -0.483 e. The van der Waals surface area contributed by atoms with Crippen LogP contribution in [0.5, 0.6) is 5.75 Å². The fraction of sp³-hybridized carbons (Fsp3) is 0.273. The molecule has 0 amide bonds. The van der Waals surface area contributed by atoms with Gasteiger partial charge in [0.05, 0.1) is 18.7 Å². The molecular weight excluding hydrogens is 272 g/mol. The lowest BCUT2D eigenvalue weighted by Gasteiger charge is -2.26. The van der Waals surface area contributed by atoms with E-state index in [0.717, 1.165) is 21.3 Å². The first-order valence-corrected chi connectivity index (χ1v) is 5.77. The van der Waals surface area contributed by atoms with Gasteiger partial charge < -0.3 is 9.47 Å². The zero-order valence-corrected chi connectivity index (χ0v) is 9.98. The van der Waals surface area contributed by atoms with Crippen LogP contribution in [0.1, 0.15) is 0 Å². The first kappa shape index (κ1) is 9.99. The van der Waals surface area contributed by atoms with Gasteiger partial charge in [-0.2, -0.15) is 0 Å². The van der Waals surface area contributed by atoms with Crippen molar-refractivity contribution in [2.75, 3.05) is 13.2 Å². The van der Waals surface area contributed by atoms with Crippen LogP contribution in [0.15, 0.2) is 29.0 Å². The molecule has 3 rings (SSSR count). The lowest BCUT2D eigenvalue weighted by molar-refractivity contribution is -0.0791. The highest BCUT2D eigenvalue weighted by Crippen LogP contribution is 2.25. The Morgan fingerprint density at radius 1 is 1.38 bits per heavy atom. The van der Waals surface area contributed by atoms with E-state index in [-0.39, 0.29) is 6.10 Å². The molecule has 82 valence electrons. The normalized spacial score (nSPS) is 16.1. The number of hydrogen-bond donors (Lipinski definition) is 0. The maximum Gasteiger partial charge on any atom is 0.149 e. The van der Waals surface area contributed by atoms with Crippen molar-refractivity contribution in [3.05, 3.63) is 29.0 Å². The second kappa shape index (κ2) is 3.99. The molecule has 1 aliphatic heterocycles. The Hall–Kier alpha value is -1.20. The zero-order valence-electron chi connectivity index (χ0n) is 8.39. The first-order valence-electron chi connectivity index (χ1n) is 4.97. The van der Waals surface area contributed by atoms with Crippen LogP contribution in [0, 0.1) is 0 Å². The topological polar surface area (TPSA) is 44.2 Å². The molecule has 2 aromatic heterocycles. The number of ether oxygens (including phenoxy) is 2. The summed E-state index contributed by atoms with van der Waals surface area (Å²) in [6, 6.07) is 3.76. The molecule has 3 heterocycles. The van der Waals surface area contributed by atoms with Gasteiger partial charge >= 0.3 is 0 Å². The Labute approximate surface area is 101 Å². The van der Waals surface area contributed by atoms with Crippen LogP contribution in [0.4, 0.5) is 0 Å². The Morgan fingerprint density at radius 2 is 2.25 bits per heavy atom. The Balaban J connectivity index is 2.02. The monoisotopic (exact) mass is 280 g/mol. The van der Waals surface area contributed by atoms with Gasteiger partial charge in [0.15, 0.2) is 0 Å². The molecule has 0 spiro atoms. The molecule has 0 unspecified atom stereocenters. The Kier molecular flexibility index (Phi) is 2.49. The predicted molar refractivity (Wildman–Crippen MR) is 62.5 cm³/mol. The summed E-state index contributed by atoms with van der Waals surface area (Å²) in [4.78, 5) is 8.57. The molecule has 0 radical (unpaired) electrons. The minimum atomic E-state index is 0.149. The van der Waals surface area contributed by atoms with E-state index in [1.54, 1.807) is 12.4 Å². The molecule has 0 bridgehead atoms. The first-order chi connectivity index (χ1) is 7.83. The molecule has 0 saturated carbocycles. The van der Waals surface area contributed by atoms with Gasteiger partial charge in [-0.1, -0.05) is 0 Å². The van der Waals surface area contributed by atoms with Crippen molar-refractivity contribution < 1.29 is 9.47 Å². The highest BCUT2D eigenvalue weighted by Gasteiger charge is 2.21. The fourth-order valence-corrected chi connectivity index (χ4v) is 1.86. The average molecular weight is 281 g/mol. The highest BCUT2D eigenvalue weighted by atomic mass is 79.9. The third-order valence-electron chi connectivity index (χ3n) is 2.41. The second-order valence-corrected chi connectivity index (χ2v) is 4.52. The molecule has 16 heavy (non-hydrogen) atoms. The van der Waals surface area contributed by atoms with E-state index >= 15 is 0 Å². The highest BCUT2D eigenvalue weighted by molar-refractivity contribution is 9.10. The smallest absolute Gasteiger partial charge is 0.149 e. The summed E-state index contributed by atoms with van der Waals surface area (Å²) in [7, 11) is 0. The third kappa shape index (κ3) is 1.76. The number of rotatable bonds is 2. The number of pyridine rings is 2. The Morgan fingerprint density at radius 3 is 3.00 bits per heavy atom. The van der Waals surface area contributed by atoms with Crippen molar-refractivity contribution in [3.8, 4) is 5.75 Å². The van der Waals surface area contributed by atoms with E-state index in [9.17, 15) is 0 Å². The standard InChI is InChI=1S/C11H9BrN2O2/c12-7-3-9-11(14-4-7)10(1-2-13-9)16-8-5-15-6-8/h1-4,8H,5-6H2. The van der Waals surface area contributed by atoms with Gasteiger partial charge in [0.25, 0.3) is 0 Å². The minimum absolute atomic E-state index is 0.149. The molecule has 0 N–H and O–H groups in total. The molecule has 1 saturated heterocycles. The van der Waals surface area contributed by atoms with Gasteiger partial charge in [0.1, 0.15) is 17.4 Å². The maximum atomic E-state index is 5.76. The summed E-state index contributed by atoms with van der Waals surface area (Å²) >= 11 is 3.37. The fourth-order valence-electron chi connectivity index (χ4n) is 1.54. The molecule has 1 fully saturated rings. The largest absolute Gasteiger partial charge is 0.483 e. The SMILES string of the molecule is Brc1cnc2c(OC3COC3)ccnc2c1. The number of hydrogen-bond acceptors (Lipinski definition) is 4. The van der Waals surface area contributed by atoms with E-state index in [1.165, 1.54) is 0 Å². The van der Waals surface area contributed by atoms with Gasteiger partial charge in [-0.05, 0) is 22.0 Å². The van der Waals surface area contributed by atoms with Crippen molar-refractivity contribution in [1.29, 1.82) is 0 Å². The lowest BCUT2D eigenvalue weighted by Crippen LogP contribution is -2.38. The maximum absolute atomic E-state index is 5.76. The van der Waals surface area contributed by atoms with Crippen LogP contribution in [0.2, 0.25) is 0 Å². The molecule has 1 aliphatic rings. The average Bonchev–Trinajstić information content (AvgIpc) is 2.23. The summed E-state index contributed by atoms with van der Waals surface area (Å²) in [5, 5.41) is 0. The van der Waals surface area contributed by atoms with E-state index in [2.05, 4.69) is 25.9 Å². The summed E-state index contributed by atoms with van der Waals surface area (Å²) in [6.45, 7) is 1.31. The van der Waals surface area contributed by atoms with Crippen molar-refractivity contribution in [3.63, 3.8) is 0 Å². The molecule has 0 atom stereocenters. The number of halogens is 1. The van der Waals surface area contributed by atoms with E-state index < -0.39 is 0 Å². The van der Waals surface area contributed by atoms with Crippen molar-refractivity contribution in [1.82, 2.24) is 9.97 Å². The van der Waals surface area contributed by atoms with Crippen molar-refractivity contribution >= 4 is 27.0 Å². The molecular formula is C11H9BrN2O2. The van der Waals surface area contributed by atoms with Gasteiger partial charge in [-0.3, -0.25) is 4.98 Å². The molecule has 4 nitrogen and oxygen atoms in total. The zero-order chi connectivity index (χ0) is 11.0.